The Morgan fingerprint density at radius 2 is 1.12 bits per heavy atom. The number of hydrogen-bond acceptors (Lipinski definition) is 5. The number of fused-ring (bicyclic) bond motifs is 2. The SMILES string of the molecule is COC1COc2ccccc2OCCCOc2ccccc2OC1. The lowest BCUT2D eigenvalue weighted by molar-refractivity contribution is 0.0217. The van der Waals surface area contributed by atoms with Crippen LogP contribution in [0.25, 0.3) is 0 Å². The van der Waals surface area contributed by atoms with E-state index in [1.807, 2.05) is 48.5 Å². The van der Waals surface area contributed by atoms with Crippen LogP contribution in [0.1, 0.15) is 6.42 Å². The Morgan fingerprint density at radius 3 is 1.54 bits per heavy atom. The monoisotopic (exact) mass is 330 g/mol. The molecule has 1 heterocycles. The normalized spacial score (nSPS) is 16.2. The van der Waals surface area contributed by atoms with Gasteiger partial charge < -0.3 is 23.7 Å². The second-order valence-corrected chi connectivity index (χ2v) is 5.42. The third-order valence-electron chi connectivity index (χ3n) is 3.68. The van der Waals surface area contributed by atoms with Crippen molar-refractivity contribution in [1.29, 1.82) is 0 Å². The van der Waals surface area contributed by atoms with Gasteiger partial charge in [0.05, 0.1) is 13.2 Å². The minimum atomic E-state index is -0.200. The van der Waals surface area contributed by atoms with Crippen LogP contribution in [-0.4, -0.2) is 39.6 Å². The Kier molecular flexibility index (Phi) is 5.80. The van der Waals surface area contributed by atoms with E-state index < -0.39 is 0 Å². The molecule has 5 heteroatoms. The fraction of sp³-hybridized carbons (Fsp3) is 0.368. The van der Waals surface area contributed by atoms with Crippen LogP contribution in [0.15, 0.2) is 48.5 Å². The van der Waals surface area contributed by atoms with Gasteiger partial charge in [0, 0.05) is 13.5 Å². The minimum absolute atomic E-state index is 0.200. The van der Waals surface area contributed by atoms with Crippen molar-refractivity contribution in [3.8, 4) is 23.0 Å². The summed E-state index contributed by atoms with van der Waals surface area (Å²) in [6, 6.07) is 15.3. The topological polar surface area (TPSA) is 46.2 Å². The van der Waals surface area contributed by atoms with Gasteiger partial charge in [0.1, 0.15) is 19.3 Å². The summed E-state index contributed by atoms with van der Waals surface area (Å²) in [5.74, 6) is 2.87. The highest BCUT2D eigenvalue weighted by Gasteiger charge is 2.14. The molecule has 1 aliphatic rings. The molecule has 0 saturated carbocycles. The van der Waals surface area contributed by atoms with Gasteiger partial charge in [0.15, 0.2) is 23.0 Å². The lowest BCUT2D eigenvalue weighted by Crippen LogP contribution is -2.27. The van der Waals surface area contributed by atoms with Crippen LogP contribution in [0, 0.1) is 0 Å². The van der Waals surface area contributed by atoms with E-state index in [0.29, 0.717) is 37.9 Å². The number of rotatable bonds is 1. The highest BCUT2D eigenvalue weighted by molar-refractivity contribution is 5.40. The Balaban J connectivity index is 1.75. The van der Waals surface area contributed by atoms with Gasteiger partial charge in [-0.25, -0.2) is 0 Å². The molecule has 0 amide bonds. The predicted molar refractivity (Wildman–Crippen MR) is 90.3 cm³/mol. The first-order chi connectivity index (χ1) is 11.9. The largest absolute Gasteiger partial charge is 0.490 e. The number of ether oxygens (including phenoxy) is 5. The number of benzene rings is 2. The molecule has 0 unspecified atom stereocenters. The van der Waals surface area contributed by atoms with Crippen molar-refractivity contribution in [2.24, 2.45) is 0 Å². The van der Waals surface area contributed by atoms with Gasteiger partial charge in [-0.1, -0.05) is 24.3 Å². The van der Waals surface area contributed by atoms with Crippen LogP contribution >= 0.6 is 0 Å². The Hall–Kier alpha value is -2.40. The fourth-order valence-corrected chi connectivity index (χ4v) is 2.35. The van der Waals surface area contributed by atoms with Gasteiger partial charge in [-0.2, -0.15) is 0 Å². The fourth-order valence-electron chi connectivity index (χ4n) is 2.35. The first-order valence-corrected chi connectivity index (χ1v) is 8.09. The summed E-state index contributed by atoms with van der Waals surface area (Å²) in [5, 5.41) is 0. The maximum Gasteiger partial charge on any atom is 0.161 e. The molecule has 0 radical (unpaired) electrons. The average molecular weight is 330 g/mol. The van der Waals surface area contributed by atoms with Crippen molar-refractivity contribution in [3.05, 3.63) is 48.5 Å². The zero-order valence-electron chi connectivity index (χ0n) is 13.8. The van der Waals surface area contributed by atoms with E-state index in [1.165, 1.54) is 0 Å². The molecule has 0 saturated heterocycles. The highest BCUT2D eigenvalue weighted by atomic mass is 16.6. The summed E-state index contributed by atoms with van der Waals surface area (Å²) in [7, 11) is 1.64. The van der Waals surface area contributed by atoms with E-state index in [2.05, 4.69) is 0 Å². The second kappa shape index (κ2) is 8.45. The molecule has 0 atom stereocenters. The Morgan fingerprint density at radius 1 is 0.708 bits per heavy atom. The van der Waals surface area contributed by atoms with E-state index in [-0.39, 0.29) is 6.10 Å². The molecule has 1 aliphatic heterocycles. The van der Waals surface area contributed by atoms with Gasteiger partial charge in [-0.3, -0.25) is 0 Å². The first kappa shape index (κ1) is 16.5. The molecule has 128 valence electrons. The maximum absolute atomic E-state index is 5.86. The summed E-state index contributed by atoms with van der Waals surface area (Å²) in [5.41, 5.74) is 0. The van der Waals surface area contributed by atoms with Gasteiger partial charge in [-0.05, 0) is 24.3 Å². The van der Waals surface area contributed by atoms with E-state index >= 15 is 0 Å². The van der Waals surface area contributed by atoms with Crippen molar-refractivity contribution >= 4 is 0 Å². The zero-order valence-corrected chi connectivity index (χ0v) is 13.8. The average Bonchev–Trinajstić information content (AvgIpc) is 2.63. The standard InChI is InChI=1S/C19H22O5/c1-20-15-13-23-18-9-4-2-7-16(18)21-11-6-12-22-17-8-3-5-10-19(17)24-14-15/h2-5,7-10,15H,6,11-14H2,1H3. The van der Waals surface area contributed by atoms with Crippen LogP contribution < -0.4 is 18.9 Å². The molecule has 2 aromatic carbocycles. The lowest BCUT2D eigenvalue weighted by Gasteiger charge is -2.20. The molecular weight excluding hydrogens is 308 g/mol. The molecular formula is C19H22O5. The first-order valence-electron chi connectivity index (χ1n) is 8.09. The molecule has 2 aromatic rings. The lowest BCUT2D eigenvalue weighted by atomic mass is 10.3. The number of para-hydroxylation sites is 4. The molecule has 0 N–H and O–H groups in total. The summed E-state index contributed by atoms with van der Waals surface area (Å²) in [6.45, 7) is 1.86. The van der Waals surface area contributed by atoms with Crippen LogP contribution in [-0.2, 0) is 4.74 Å². The predicted octanol–water partition coefficient (Wildman–Crippen LogP) is 3.32. The van der Waals surface area contributed by atoms with E-state index in [9.17, 15) is 0 Å². The van der Waals surface area contributed by atoms with Crippen molar-refractivity contribution in [1.82, 2.24) is 0 Å². The van der Waals surface area contributed by atoms with E-state index in [0.717, 1.165) is 17.9 Å². The van der Waals surface area contributed by atoms with Crippen LogP contribution in [0.3, 0.4) is 0 Å². The smallest absolute Gasteiger partial charge is 0.161 e. The molecule has 3 rings (SSSR count). The number of hydrogen-bond donors (Lipinski definition) is 0. The van der Waals surface area contributed by atoms with Gasteiger partial charge in [0.2, 0.25) is 0 Å². The molecule has 0 aliphatic carbocycles. The van der Waals surface area contributed by atoms with Crippen LogP contribution in [0.2, 0.25) is 0 Å². The van der Waals surface area contributed by atoms with Gasteiger partial charge in [0.25, 0.3) is 0 Å². The molecule has 0 fully saturated rings. The van der Waals surface area contributed by atoms with Crippen molar-refractivity contribution in [2.75, 3.05) is 33.5 Å². The molecule has 0 bridgehead atoms. The summed E-state index contributed by atoms with van der Waals surface area (Å²) in [6.07, 6.45) is 0.567. The summed E-state index contributed by atoms with van der Waals surface area (Å²) in [4.78, 5) is 0. The van der Waals surface area contributed by atoms with E-state index in [1.54, 1.807) is 7.11 Å². The summed E-state index contributed by atoms with van der Waals surface area (Å²) < 4.78 is 28.8. The van der Waals surface area contributed by atoms with Crippen LogP contribution in [0.5, 0.6) is 23.0 Å². The Labute approximate surface area is 142 Å². The maximum atomic E-state index is 5.86. The van der Waals surface area contributed by atoms with Gasteiger partial charge in [-0.15, -0.1) is 0 Å². The molecule has 24 heavy (non-hydrogen) atoms. The molecule has 0 aromatic heterocycles. The molecule has 5 nitrogen and oxygen atoms in total. The van der Waals surface area contributed by atoms with Crippen LogP contribution in [0.4, 0.5) is 0 Å². The van der Waals surface area contributed by atoms with Crippen molar-refractivity contribution in [3.63, 3.8) is 0 Å². The summed E-state index contributed by atoms with van der Waals surface area (Å²) >= 11 is 0. The third-order valence-corrected chi connectivity index (χ3v) is 3.68. The quantitative estimate of drug-likeness (QED) is 0.803. The molecule has 0 spiro atoms. The number of methoxy groups -OCH3 is 1. The van der Waals surface area contributed by atoms with Crippen molar-refractivity contribution in [2.45, 2.75) is 12.5 Å². The highest BCUT2D eigenvalue weighted by Crippen LogP contribution is 2.29. The van der Waals surface area contributed by atoms with Gasteiger partial charge >= 0.3 is 0 Å². The van der Waals surface area contributed by atoms with E-state index in [4.69, 9.17) is 23.7 Å². The second-order valence-electron chi connectivity index (χ2n) is 5.42. The third kappa shape index (κ3) is 4.32. The van der Waals surface area contributed by atoms with Crippen molar-refractivity contribution < 1.29 is 23.7 Å². The Bertz CT molecular complexity index is 590. The minimum Gasteiger partial charge on any atom is -0.490 e. The zero-order chi connectivity index (χ0) is 16.6.